The second kappa shape index (κ2) is 7.05. The van der Waals surface area contributed by atoms with Crippen LogP contribution in [-0.4, -0.2) is 53.2 Å². The SMILES string of the molecule is O=C(CCC1CCCC1)N=C1S[C@@H]2CS(=O)(=O)C[C@@H]2N1[C@@H]1C[C@H]2CC[C@H]1C2. The van der Waals surface area contributed by atoms with Crippen molar-refractivity contribution < 1.29 is 13.2 Å². The maximum atomic E-state index is 12.6. The van der Waals surface area contributed by atoms with Gasteiger partial charge in [0.15, 0.2) is 15.0 Å². The minimum Gasteiger partial charge on any atom is -0.343 e. The zero-order valence-electron chi connectivity index (χ0n) is 15.9. The number of carbonyl (C=O) groups excluding carboxylic acids is 1. The van der Waals surface area contributed by atoms with Crippen LogP contribution in [0.5, 0.6) is 0 Å². The minimum atomic E-state index is -2.96. The maximum absolute atomic E-state index is 12.6. The second-order valence-corrected chi connectivity index (χ2v) is 12.8. The topological polar surface area (TPSA) is 66.8 Å². The highest BCUT2D eigenvalue weighted by molar-refractivity contribution is 8.15. The molecule has 0 unspecified atom stereocenters. The maximum Gasteiger partial charge on any atom is 0.248 e. The molecular weight excluding hydrogens is 380 g/mol. The molecule has 0 radical (unpaired) electrons. The Morgan fingerprint density at radius 3 is 2.59 bits per heavy atom. The molecule has 0 N–H and O–H groups in total. The average molecular weight is 411 g/mol. The van der Waals surface area contributed by atoms with Crippen LogP contribution in [0.2, 0.25) is 0 Å². The standard InChI is InChI=1S/C20H30N2O3S2/c23-19(8-6-13-3-1-2-4-13)21-20-22(16-10-14-5-7-15(16)9-14)17-11-27(24,25)12-18(17)26-20/h13-18H,1-12H2/t14-,15-,16+,17-,18+/m0/s1. The lowest BCUT2D eigenvalue weighted by Gasteiger charge is -2.36. The summed E-state index contributed by atoms with van der Waals surface area (Å²) in [5.41, 5.74) is 0. The number of carbonyl (C=O) groups is 1. The highest BCUT2D eigenvalue weighted by Crippen LogP contribution is 2.51. The van der Waals surface area contributed by atoms with Crippen molar-refractivity contribution in [3.63, 3.8) is 0 Å². The summed E-state index contributed by atoms with van der Waals surface area (Å²) in [5, 5.41) is 0.907. The summed E-state index contributed by atoms with van der Waals surface area (Å²) in [4.78, 5) is 19.4. The molecule has 5 nitrogen and oxygen atoms in total. The molecule has 5 atom stereocenters. The zero-order chi connectivity index (χ0) is 18.6. The third-order valence-electron chi connectivity index (χ3n) is 7.63. The van der Waals surface area contributed by atoms with E-state index in [0.29, 0.717) is 24.3 Å². The van der Waals surface area contributed by atoms with Crippen LogP contribution in [0, 0.1) is 17.8 Å². The van der Waals surface area contributed by atoms with E-state index >= 15 is 0 Å². The number of sulfone groups is 1. The van der Waals surface area contributed by atoms with Crippen LogP contribution in [-0.2, 0) is 14.6 Å². The van der Waals surface area contributed by atoms with Gasteiger partial charge in [0, 0.05) is 17.7 Å². The van der Waals surface area contributed by atoms with Crippen LogP contribution in [0.3, 0.4) is 0 Å². The van der Waals surface area contributed by atoms with Gasteiger partial charge in [-0.2, -0.15) is 4.99 Å². The predicted octanol–water partition coefficient (Wildman–Crippen LogP) is 3.24. The number of hydrogen-bond donors (Lipinski definition) is 0. The number of rotatable bonds is 4. The van der Waals surface area contributed by atoms with Gasteiger partial charge < -0.3 is 4.90 Å². The van der Waals surface area contributed by atoms with Crippen molar-refractivity contribution in [1.82, 2.24) is 4.90 Å². The largest absolute Gasteiger partial charge is 0.343 e. The third kappa shape index (κ3) is 3.59. The van der Waals surface area contributed by atoms with Crippen molar-refractivity contribution in [2.75, 3.05) is 11.5 Å². The number of amides is 1. The molecule has 0 aromatic carbocycles. The van der Waals surface area contributed by atoms with Crippen LogP contribution >= 0.6 is 11.8 Å². The smallest absolute Gasteiger partial charge is 0.248 e. The molecule has 7 heteroatoms. The molecule has 3 aliphatic carbocycles. The molecule has 1 amide bonds. The van der Waals surface area contributed by atoms with Gasteiger partial charge in [-0.15, -0.1) is 0 Å². The molecule has 2 heterocycles. The molecule has 5 fully saturated rings. The van der Waals surface area contributed by atoms with Crippen molar-refractivity contribution in [2.24, 2.45) is 22.7 Å². The molecule has 27 heavy (non-hydrogen) atoms. The fraction of sp³-hybridized carbons (Fsp3) is 0.900. The van der Waals surface area contributed by atoms with Crippen LogP contribution in [0.1, 0.15) is 64.2 Å². The average Bonchev–Trinajstić information content (AvgIpc) is 3.39. The number of amidine groups is 1. The molecule has 0 aromatic rings. The molecule has 5 rings (SSSR count). The predicted molar refractivity (Wildman–Crippen MR) is 109 cm³/mol. The number of aliphatic imine (C=N–C) groups is 1. The van der Waals surface area contributed by atoms with Gasteiger partial charge in [-0.1, -0.05) is 43.9 Å². The number of hydrogen-bond acceptors (Lipinski definition) is 4. The Labute approximate surface area is 166 Å². The van der Waals surface area contributed by atoms with E-state index < -0.39 is 9.84 Å². The molecule has 0 aromatic heterocycles. The van der Waals surface area contributed by atoms with E-state index in [4.69, 9.17) is 0 Å². The first-order valence-electron chi connectivity index (χ1n) is 10.8. The summed E-state index contributed by atoms with van der Waals surface area (Å²) in [5.74, 6) is 2.65. The lowest BCUT2D eigenvalue weighted by atomic mass is 9.93. The monoisotopic (exact) mass is 410 g/mol. The number of fused-ring (bicyclic) bond motifs is 3. The molecule has 150 valence electrons. The van der Waals surface area contributed by atoms with E-state index in [2.05, 4.69) is 9.89 Å². The summed E-state index contributed by atoms with van der Waals surface area (Å²) in [6.07, 6.45) is 11.7. The Morgan fingerprint density at radius 2 is 1.89 bits per heavy atom. The Bertz CT molecular complexity index is 744. The van der Waals surface area contributed by atoms with Gasteiger partial charge in [0.2, 0.25) is 5.91 Å². The van der Waals surface area contributed by atoms with E-state index in [9.17, 15) is 13.2 Å². The van der Waals surface area contributed by atoms with Gasteiger partial charge in [0.1, 0.15) is 0 Å². The highest BCUT2D eigenvalue weighted by Gasteiger charge is 2.54. The minimum absolute atomic E-state index is 0.000358. The lowest BCUT2D eigenvalue weighted by molar-refractivity contribution is -0.118. The highest BCUT2D eigenvalue weighted by atomic mass is 32.2. The Balaban J connectivity index is 1.33. The molecule has 2 aliphatic heterocycles. The zero-order valence-corrected chi connectivity index (χ0v) is 17.5. The van der Waals surface area contributed by atoms with Gasteiger partial charge in [-0.05, 0) is 43.4 Å². The molecule has 2 bridgehead atoms. The van der Waals surface area contributed by atoms with Crippen molar-refractivity contribution in [3.8, 4) is 0 Å². The molecule has 5 aliphatic rings. The summed E-state index contributed by atoms with van der Waals surface area (Å²) < 4.78 is 24.4. The third-order valence-corrected chi connectivity index (χ3v) is 10.9. The Kier molecular flexibility index (Phi) is 4.82. The number of nitrogens with zero attached hydrogens (tertiary/aromatic N) is 2. The van der Waals surface area contributed by atoms with Crippen LogP contribution in [0.25, 0.3) is 0 Å². The molecular formula is C20H30N2O3S2. The summed E-state index contributed by atoms with van der Waals surface area (Å²) in [6.45, 7) is 0. The van der Waals surface area contributed by atoms with E-state index in [-0.39, 0.29) is 28.7 Å². The van der Waals surface area contributed by atoms with Crippen LogP contribution < -0.4 is 0 Å². The van der Waals surface area contributed by atoms with Crippen LogP contribution in [0.4, 0.5) is 0 Å². The van der Waals surface area contributed by atoms with Crippen molar-refractivity contribution >= 4 is 32.7 Å². The fourth-order valence-corrected chi connectivity index (χ4v) is 10.3. The van der Waals surface area contributed by atoms with Gasteiger partial charge in [-0.3, -0.25) is 4.79 Å². The van der Waals surface area contributed by atoms with E-state index in [0.717, 1.165) is 23.9 Å². The van der Waals surface area contributed by atoms with Crippen molar-refractivity contribution in [1.29, 1.82) is 0 Å². The van der Waals surface area contributed by atoms with Gasteiger partial charge in [-0.25, -0.2) is 8.42 Å². The summed E-state index contributed by atoms with van der Waals surface area (Å²) in [6, 6.07) is 0.437. The Hall–Kier alpha value is -0.560. The molecule has 2 saturated heterocycles. The summed E-state index contributed by atoms with van der Waals surface area (Å²) in [7, 11) is -2.96. The Morgan fingerprint density at radius 1 is 1.07 bits per heavy atom. The van der Waals surface area contributed by atoms with Gasteiger partial charge >= 0.3 is 0 Å². The van der Waals surface area contributed by atoms with E-state index in [1.54, 1.807) is 11.8 Å². The molecule has 3 saturated carbocycles. The first-order valence-corrected chi connectivity index (χ1v) is 13.5. The van der Waals surface area contributed by atoms with Gasteiger partial charge in [0.25, 0.3) is 0 Å². The fourth-order valence-electron chi connectivity index (χ4n) is 6.32. The first-order chi connectivity index (χ1) is 13.0. The summed E-state index contributed by atoms with van der Waals surface area (Å²) >= 11 is 1.57. The van der Waals surface area contributed by atoms with Crippen LogP contribution in [0.15, 0.2) is 4.99 Å². The molecule has 0 spiro atoms. The normalized spacial score (nSPS) is 41.7. The second-order valence-electron chi connectivity index (χ2n) is 9.43. The van der Waals surface area contributed by atoms with E-state index in [1.165, 1.54) is 44.9 Å². The lowest BCUT2D eigenvalue weighted by Crippen LogP contribution is -2.47. The first kappa shape index (κ1) is 18.5. The number of thioether (sulfide) groups is 1. The van der Waals surface area contributed by atoms with Gasteiger partial charge in [0.05, 0.1) is 17.5 Å². The van der Waals surface area contributed by atoms with Crippen molar-refractivity contribution in [3.05, 3.63) is 0 Å². The quantitative estimate of drug-likeness (QED) is 0.712. The van der Waals surface area contributed by atoms with Crippen molar-refractivity contribution in [2.45, 2.75) is 81.5 Å². The van der Waals surface area contributed by atoms with E-state index in [1.807, 2.05) is 0 Å².